The van der Waals surface area contributed by atoms with Crippen molar-refractivity contribution < 1.29 is 4.74 Å². The first-order chi connectivity index (χ1) is 10.7. The summed E-state index contributed by atoms with van der Waals surface area (Å²) in [5.41, 5.74) is 13.4. The predicted octanol–water partition coefficient (Wildman–Crippen LogP) is 2.66. The summed E-state index contributed by atoms with van der Waals surface area (Å²) in [6.07, 6.45) is 0.810. The van der Waals surface area contributed by atoms with Crippen LogP contribution in [-0.4, -0.2) is 18.2 Å². The molecule has 4 N–H and O–H groups in total. The van der Waals surface area contributed by atoms with Gasteiger partial charge in [0.1, 0.15) is 12.4 Å². The van der Waals surface area contributed by atoms with Gasteiger partial charge in [0.25, 0.3) is 0 Å². The molecule has 0 radical (unpaired) electrons. The van der Waals surface area contributed by atoms with Crippen molar-refractivity contribution in [3.8, 4) is 5.75 Å². The van der Waals surface area contributed by atoms with E-state index in [0.717, 1.165) is 23.4 Å². The number of thiocarbonyl (C=S) groups is 1. The van der Waals surface area contributed by atoms with Crippen molar-refractivity contribution in [3.05, 3.63) is 60.2 Å². The van der Waals surface area contributed by atoms with Crippen molar-refractivity contribution in [1.29, 1.82) is 0 Å². The fourth-order valence-electron chi connectivity index (χ4n) is 2.14. The van der Waals surface area contributed by atoms with Crippen LogP contribution in [0.3, 0.4) is 0 Å². The molecule has 4 nitrogen and oxygen atoms in total. The smallest absolute Gasteiger partial charge is 0.170 e. The molecule has 0 aliphatic heterocycles. The normalized spacial score (nSPS) is 10.2. The predicted molar refractivity (Wildman–Crippen MR) is 95.0 cm³/mol. The Kier molecular flexibility index (Phi) is 6.18. The van der Waals surface area contributed by atoms with Gasteiger partial charge in [0.15, 0.2) is 5.11 Å². The highest BCUT2D eigenvalue weighted by molar-refractivity contribution is 7.80. The van der Waals surface area contributed by atoms with Crippen molar-refractivity contribution in [2.24, 2.45) is 11.5 Å². The van der Waals surface area contributed by atoms with Gasteiger partial charge >= 0.3 is 0 Å². The summed E-state index contributed by atoms with van der Waals surface area (Å²) in [6, 6.07) is 17.8. The van der Waals surface area contributed by atoms with Gasteiger partial charge < -0.3 is 21.1 Å². The third-order valence-electron chi connectivity index (χ3n) is 3.25. The molecule has 0 fully saturated rings. The molecule has 0 aliphatic carbocycles. The van der Waals surface area contributed by atoms with Crippen LogP contribution in [-0.2, 0) is 6.61 Å². The molecule has 2 aromatic carbocycles. The summed E-state index contributed by atoms with van der Waals surface area (Å²) in [7, 11) is 0. The lowest BCUT2D eigenvalue weighted by Gasteiger charge is -2.25. The van der Waals surface area contributed by atoms with E-state index in [9.17, 15) is 0 Å². The molecule has 2 aromatic rings. The third kappa shape index (κ3) is 4.44. The van der Waals surface area contributed by atoms with E-state index in [1.807, 2.05) is 59.5 Å². The SMILES string of the molecule is NCCCN(C(N)=S)c1ccccc1OCc1ccccc1. The Hall–Kier alpha value is -2.11. The molecule has 0 saturated heterocycles. The zero-order chi connectivity index (χ0) is 15.8. The lowest BCUT2D eigenvalue weighted by Crippen LogP contribution is -2.37. The zero-order valence-corrected chi connectivity index (χ0v) is 13.3. The highest BCUT2D eigenvalue weighted by Crippen LogP contribution is 2.28. The Bertz CT molecular complexity index is 604. The molecule has 2 rings (SSSR count). The quantitative estimate of drug-likeness (QED) is 0.769. The minimum atomic E-state index is 0.323. The first kappa shape index (κ1) is 16.3. The maximum absolute atomic E-state index is 5.95. The highest BCUT2D eigenvalue weighted by atomic mass is 32.1. The van der Waals surface area contributed by atoms with E-state index in [2.05, 4.69) is 0 Å². The molecule has 0 saturated carbocycles. The number of benzene rings is 2. The van der Waals surface area contributed by atoms with Crippen molar-refractivity contribution in [1.82, 2.24) is 0 Å². The van der Waals surface area contributed by atoms with Gasteiger partial charge in [-0.25, -0.2) is 0 Å². The number of para-hydroxylation sites is 2. The van der Waals surface area contributed by atoms with Crippen molar-refractivity contribution in [2.75, 3.05) is 18.0 Å². The van der Waals surface area contributed by atoms with Crippen LogP contribution >= 0.6 is 12.2 Å². The lowest BCUT2D eigenvalue weighted by atomic mass is 10.2. The summed E-state index contributed by atoms with van der Waals surface area (Å²) >= 11 is 5.16. The van der Waals surface area contributed by atoms with Crippen molar-refractivity contribution in [3.63, 3.8) is 0 Å². The van der Waals surface area contributed by atoms with E-state index in [-0.39, 0.29) is 0 Å². The van der Waals surface area contributed by atoms with E-state index in [4.69, 9.17) is 28.4 Å². The summed E-state index contributed by atoms with van der Waals surface area (Å²) in [4.78, 5) is 1.86. The van der Waals surface area contributed by atoms with Gasteiger partial charge in [-0.3, -0.25) is 0 Å². The van der Waals surface area contributed by atoms with Gasteiger partial charge in [-0.05, 0) is 42.9 Å². The van der Waals surface area contributed by atoms with Crippen LogP contribution in [0.5, 0.6) is 5.75 Å². The second kappa shape index (κ2) is 8.36. The molecule has 5 heteroatoms. The highest BCUT2D eigenvalue weighted by Gasteiger charge is 2.14. The van der Waals surface area contributed by atoms with Crippen LogP contribution in [0.4, 0.5) is 5.69 Å². The number of nitrogens with two attached hydrogens (primary N) is 2. The van der Waals surface area contributed by atoms with Crippen LogP contribution in [0.1, 0.15) is 12.0 Å². The summed E-state index contributed by atoms with van der Waals surface area (Å²) in [5, 5.41) is 0.323. The Morgan fingerprint density at radius 2 is 1.73 bits per heavy atom. The summed E-state index contributed by atoms with van der Waals surface area (Å²) < 4.78 is 5.95. The van der Waals surface area contributed by atoms with Crippen LogP contribution in [0.25, 0.3) is 0 Å². The minimum absolute atomic E-state index is 0.323. The lowest BCUT2D eigenvalue weighted by molar-refractivity contribution is 0.307. The Labute approximate surface area is 136 Å². The maximum atomic E-state index is 5.95. The summed E-state index contributed by atoms with van der Waals surface area (Å²) in [5.74, 6) is 0.760. The van der Waals surface area contributed by atoms with Crippen molar-refractivity contribution in [2.45, 2.75) is 13.0 Å². The molecule has 22 heavy (non-hydrogen) atoms. The standard InChI is InChI=1S/C17H21N3OS/c18-11-6-12-20(17(19)22)15-9-4-5-10-16(15)21-13-14-7-2-1-3-8-14/h1-5,7-10H,6,11-13,18H2,(H2,19,22). The third-order valence-corrected chi connectivity index (χ3v) is 3.47. The molecule has 0 unspecified atom stereocenters. The molecule has 0 spiro atoms. The molecule has 0 aliphatic rings. The van der Waals surface area contributed by atoms with E-state index in [1.165, 1.54) is 0 Å². The number of nitrogens with zero attached hydrogens (tertiary/aromatic N) is 1. The van der Waals surface area contributed by atoms with E-state index in [0.29, 0.717) is 24.8 Å². The molecular formula is C17H21N3OS. The summed E-state index contributed by atoms with van der Waals surface area (Å²) in [6.45, 7) is 1.77. The van der Waals surface area contributed by atoms with Gasteiger partial charge in [0.05, 0.1) is 5.69 Å². The Balaban J connectivity index is 2.16. The number of rotatable bonds is 7. The fraction of sp³-hybridized carbons (Fsp3) is 0.235. The minimum Gasteiger partial charge on any atom is -0.487 e. The van der Waals surface area contributed by atoms with Gasteiger partial charge in [-0.15, -0.1) is 0 Å². The second-order valence-corrected chi connectivity index (χ2v) is 5.29. The Morgan fingerprint density at radius 1 is 1.05 bits per heavy atom. The number of anilines is 1. The molecule has 0 heterocycles. The van der Waals surface area contributed by atoms with Gasteiger partial charge in [-0.2, -0.15) is 0 Å². The maximum Gasteiger partial charge on any atom is 0.170 e. The van der Waals surface area contributed by atoms with E-state index in [1.54, 1.807) is 0 Å². The van der Waals surface area contributed by atoms with Gasteiger partial charge in [0.2, 0.25) is 0 Å². The molecule has 0 bridgehead atoms. The molecule has 116 valence electrons. The van der Waals surface area contributed by atoms with Gasteiger partial charge in [0, 0.05) is 6.54 Å². The average molecular weight is 315 g/mol. The fourth-order valence-corrected chi connectivity index (χ4v) is 2.33. The number of hydrogen-bond acceptors (Lipinski definition) is 3. The molecule has 0 amide bonds. The molecule has 0 atom stereocenters. The topological polar surface area (TPSA) is 64.5 Å². The largest absolute Gasteiger partial charge is 0.487 e. The van der Waals surface area contributed by atoms with Crippen LogP contribution < -0.4 is 21.1 Å². The van der Waals surface area contributed by atoms with E-state index < -0.39 is 0 Å². The van der Waals surface area contributed by atoms with Crippen LogP contribution in [0, 0.1) is 0 Å². The van der Waals surface area contributed by atoms with Crippen LogP contribution in [0.2, 0.25) is 0 Å². The average Bonchev–Trinajstić information content (AvgIpc) is 2.55. The van der Waals surface area contributed by atoms with Gasteiger partial charge in [-0.1, -0.05) is 42.5 Å². The van der Waals surface area contributed by atoms with E-state index >= 15 is 0 Å². The molecular weight excluding hydrogens is 294 g/mol. The van der Waals surface area contributed by atoms with Crippen molar-refractivity contribution >= 4 is 23.0 Å². The monoisotopic (exact) mass is 315 g/mol. The number of ether oxygens (including phenoxy) is 1. The second-order valence-electron chi connectivity index (χ2n) is 4.87. The zero-order valence-electron chi connectivity index (χ0n) is 12.4. The van der Waals surface area contributed by atoms with Crippen LogP contribution in [0.15, 0.2) is 54.6 Å². The Morgan fingerprint density at radius 3 is 2.41 bits per heavy atom. The molecule has 0 aromatic heterocycles. The number of hydrogen-bond donors (Lipinski definition) is 2. The first-order valence-corrected chi connectivity index (χ1v) is 7.66. The first-order valence-electron chi connectivity index (χ1n) is 7.25.